The van der Waals surface area contributed by atoms with E-state index in [0.29, 0.717) is 12.2 Å². The SMILES string of the molecule is COc1ccc(Br)c(CCCO)c1OC. The summed E-state index contributed by atoms with van der Waals surface area (Å²) in [7, 11) is 3.23. The minimum absolute atomic E-state index is 0.173. The molecule has 1 N–H and O–H groups in total. The maximum atomic E-state index is 8.82. The Hall–Kier alpha value is -0.740. The minimum atomic E-state index is 0.173. The van der Waals surface area contributed by atoms with Crippen LogP contribution in [0.2, 0.25) is 0 Å². The van der Waals surface area contributed by atoms with Crippen LogP contribution in [0.1, 0.15) is 12.0 Å². The fourth-order valence-corrected chi connectivity index (χ4v) is 1.97. The molecule has 3 nitrogen and oxygen atoms in total. The van der Waals surface area contributed by atoms with Gasteiger partial charge in [0.25, 0.3) is 0 Å². The molecule has 0 aromatic heterocycles. The molecule has 0 spiro atoms. The first kappa shape index (κ1) is 12.3. The standard InChI is InChI=1S/C11H15BrO3/c1-14-10-6-5-9(12)8(4-3-7-13)11(10)15-2/h5-6,13H,3-4,7H2,1-2H3. The summed E-state index contributed by atoms with van der Waals surface area (Å²) >= 11 is 3.46. The summed E-state index contributed by atoms with van der Waals surface area (Å²) in [6, 6.07) is 3.78. The monoisotopic (exact) mass is 274 g/mol. The first-order valence-corrected chi connectivity index (χ1v) is 5.54. The normalized spacial score (nSPS) is 10.1. The van der Waals surface area contributed by atoms with Gasteiger partial charge in [0.05, 0.1) is 14.2 Å². The van der Waals surface area contributed by atoms with Crippen LogP contribution in [0.15, 0.2) is 16.6 Å². The number of methoxy groups -OCH3 is 2. The van der Waals surface area contributed by atoms with Gasteiger partial charge in [0.1, 0.15) is 0 Å². The molecule has 1 rings (SSSR count). The molecule has 0 aliphatic carbocycles. The van der Waals surface area contributed by atoms with E-state index in [2.05, 4.69) is 15.9 Å². The third-order valence-electron chi connectivity index (χ3n) is 2.18. The maximum Gasteiger partial charge on any atom is 0.165 e. The Kier molecular flexibility index (Phi) is 4.91. The molecule has 0 saturated carbocycles. The highest BCUT2D eigenvalue weighted by atomic mass is 79.9. The highest BCUT2D eigenvalue weighted by Gasteiger charge is 2.12. The second-order valence-electron chi connectivity index (χ2n) is 3.09. The van der Waals surface area contributed by atoms with Crippen LogP contribution in [-0.4, -0.2) is 25.9 Å². The van der Waals surface area contributed by atoms with Crippen LogP contribution >= 0.6 is 15.9 Å². The van der Waals surface area contributed by atoms with Crippen molar-refractivity contribution in [2.75, 3.05) is 20.8 Å². The van der Waals surface area contributed by atoms with E-state index in [1.165, 1.54) is 0 Å². The molecule has 1 aromatic carbocycles. The van der Waals surface area contributed by atoms with Gasteiger partial charge in [-0.25, -0.2) is 0 Å². The molecule has 15 heavy (non-hydrogen) atoms. The van der Waals surface area contributed by atoms with Gasteiger partial charge in [0.2, 0.25) is 0 Å². The summed E-state index contributed by atoms with van der Waals surface area (Å²) in [6.07, 6.45) is 1.47. The average Bonchev–Trinajstić information content (AvgIpc) is 2.27. The van der Waals surface area contributed by atoms with Gasteiger partial charge in [0, 0.05) is 16.6 Å². The number of aliphatic hydroxyl groups excluding tert-OH is 1. The van der Waals surface area contributed by atoms with Gasteiger partial charge in [0.15, 0.2) is 11.5 Å². The van der Waals surface area contributed by atoms with Crippen LogP contribution in [0.4, 0.5) is 0 Å². The minimum Gasteiger partial charge on any atom is -0.493 e. The lowest BCUT2D eigenvalue weighted by Gasteiger charge is -2.13. The van der Waals surface area contributed by atoms with Crippen molar-refractivity contribution in [1.82, 2.24) is 0 Å². The molecular formula is C11H15BrO3. The van der Waals surface area contributed by atoms with Crippen LogP contribution in [0.5, 0.6) is 11.5 Å². The Morgan fingerprint density at radius 3 is 2.53 bits per heavy atom. The zero-order chi connectivity index (χ0) is 11.3. The van der Waals surface area contributed by atoms with Crippen LogP contribution in [0, 0.1) is 0 Å². The summed E-state index contributed by atoms with van der Waals surface area (Å²) in [5.41, 5.74) is 1.03. The molecule has 84 valence electrons. The van der Waals surface area contributed by atoms with E-state index in [0.717, 1.165) is 22.2 Å². The van der Waals surface area contributed by atoms with Crippen molar-refractivity contribution in [3.63, 3.8) is 0 Å². The average molecular weight is 275 g/mol. The summed E-state index contributed by atoms with van der Waals surface area (Å²) in [5.74, 6) is 1.45. The van der Waals surface area contributed by atoms with Gasteiger partial charge in [-0.2, -0.15) is 0 Å². The van der Waals surface area contributed by atoms with E-state index in [4.69, 9.17) is 14.6 Å². The first-order chi connectivity index (χ1) is 7.24. The van der Waals surface area contributed by atoms with E-state index in [1.807, 2.05) is 12.1 Å². The third kappa shape index (κ3) is 2.86. The maximum absolute atomic E-state index is 8.82. The Morgan fingerprint density at radius 2 is 2.00 bits per heavy atom. The molecule has 4 heteroatoms. The Labute approximate surface area is 98.1 Å². The van der Waals surface area contributed by atoms with E-state index >= 15 is 0 Å². The Balaban J connectivity index is 3.07. The van der Waals surface area contributed by atoms with Gasteiger partial charge < -0.3 is 14.6 Å². The molecule has 0 bridgehead atoms. The molecule has 0 radical (unpaired) electrons. The van der Waals surface area contributed by atoms with Gasteiger partial charge in [-0.15, -0.1) is 0 Å². The largest absolute Gasteiger partial charge is 0.493 e. The van der Waals surface area contributed by atoms with Crippen LogP contribution < -0.4 is 9.47 Å². The summed E-state index contributed by atoms with van der Waals surface area (Å²) in [6.45, 7) is 0.173. The zero-order valence-electron chi connectivity index (χ0n) is 8.92. The quantitative estimate of drug-likeness (QED) is 0.896. The molecule has 1 aromatic rings. The van der Waals surface area contributed by atoms with Crippen molar-refractivity contribution in [2.45, 2.75) is 12.8 Å². The Morgan fingerprint density at radius 1 is 1.27 bits per heavy atom. The van der Waals surface area contributed by atoms with Gasteiger partial charge in [-0.3, -0.25) is 0 Å². The summed E-state index contributed by atoms with van der Waals surface area (Å²) in [5, 5.41) is 8.82. The highest BCUT2D eigenvalue weighted by Crippen LogP contribution is 2.36. The number of aliphatic hydroxyl groups is 1. The second-order valence-corrected chi connectivity index (χ2v) is 3.94. The fraction of sp³-hybridized carbons (Fsp3) is 0.455. The van der Waals surface area contributed by atoms with E-state index < -0.39 is 0 Å². The molecule has 0 heterocycles. The topological polar surface area (TPSA) is 38.7 Å². The van der Waals surface area contributed by atoms with Gasteiger partial charge in [-0.05, 0) is 25.0 Å². The lowest BCUT2D eigenvalue weighted by molar-refractivity contribution is 0.287. The smallest absolute Gasteiger partial charge is 0.165 e. The molecule has 0 unspecified atom stereocenters. The number of rotatable bonds is 5. The third-order valence-corrected chi connectivity index (χ3v) is 2.92. The fourth-order valence-electron chi connectivity index (χ4n) is 1.46. The molecule has 0 saturated heterocycles. The summed E-state index contributed by atoms with van der Waals surface area (Å²) < 4.78 is 11.5. The first-order valence-electron chi connectivity index (χ1n) is 4.74. The lowest BCUT2D eigenvalue weighted by atomic mass is 10.1. The highest BCUT2D eigenvalue weighted by molar-refractivity contribution is 9.10. The summed E-state index contributed by atoms with van der Waals surface area (Å²) in [4.78, 5) is 0. The lowest BCUT2D eigenvalue weighted by Crippen LogP contribution is -1.98. The van der Waals surface area contributed by atoms with Crippen molar-refractivity contribution in [2.24, 2.45) is 0 Å². The molecule has 0 aliphatic rings. The van der Waals surface area contributed by atoms with Crippen LogP contribution in [0.3, 0.4) is 0 Å². The number of hydrogen-bond donors (Lipinski definition) is 1. The van der Waals surface area contributed by atoms with Crippen molar-refractivity contribution in [3.8, 4) is 11.5 Å². The predicted octanol–water partition coefficient (Wildman–Crippen LogP) is 2.39. The van der Waals surface area contributed by atoms with Crippen LogP contribution in [0.25, 0.3) is 0 Å². The van der Waals surface area contributed by atoms with Crippen LogP contribution in [-0.2, 0) is 6.42 Å². The molecule has 0 aliphatic heterocycles. The number of benzene rings is 1. The predicted molar refractivity (Wildman–Crippen MR) is 62.7 cm³/mol. The molecule has 0 atom stereocenters. The number of hydrogen-bond acceptors (Lipinski definition) is 3. The number of ether oxygens (including phenoxy) is 2. The molecular weight excluding hydrogens is 260 g/mol. The number of halogens is 1. The van der Waals surface area contributed by atoms with E-state index in [-0.39, 0.29) is 6.61 Å². The second kappa shape index (κ2) is 5.98. The van der Waals surface area contributed by atoms with Gasteiger partial charge >= 0.3 is 0 Å². The van der Waals surface area contributed by atoms with E-state index in [1.54, 1.807) is 14.2 Å². The zero-order valence-corrected chi connectivity index (χ0v) is 10.5. The van der Waals surface area contributed by atoms with Crippen molar-refractivity contribution in [3.05, 3.63) is 22.2 Å². The van der Waals surface area contributed by atoms with Crippen molar-refractivity contribution >= 4 is 15.9 Å². The van der Waals surface area contributed by atoms with Gasteiger partial charge in [-0.1, -0.05) is 15.9 Å². The Bertz CT molecular complexity index is 326. The van der Waals surface area contributed by atoms with E-state index in [9.17, 15) is 0 Å². The van der Waals surface area contributed by atoms with Crippen molar-refractivity contribution < 1.29 is 14.6 Å². The van der Waals surface area contributed by atoms with Crippen molar-refractivity contribution in [1.29, 1.82) is 0 Å². The molecule has 0 amide bonds. The molecule has 0 fully saturated rings.